The number of hydrogen-bond donors (Lipinski definition) is 2. The Hall–Kier alpha value is -1.17. The molecule has 2 nitrogen and oxygen atoms in total. The van der Waals surface area contributed by atoms with Crippen molar-refractivity contribution in [3.8, 4) is 0 Å². The van der Waals surface area contributed by atoms with Gasteiger partial charge in [0.15, 0.2) is 0 Å². The molecule has 0 radical (unpaired) electrons. The summed E-state index contributed by atoms with van der Waals surface area (Å²) in [7, 11) is 0. The van der Waals surface area contributed by atoms with Crippen molar-refractivity contribution in [2.75, 3.05) is 5.32 Å². The van der Waals surface area contributed by atoms with Gasteiger partial charge in [0.1, 0.15) is 10.8 Å². The smallest absolute Gasteiger partial charge is 0.148 e. The Morgan fingerprint density at radius 3 is 2.63 bits per heavy atom. The molecule has 0 bridgehead atoms. The highest BCUT2D eigenvalue weighted by Crippen LogP contribution is 2.29. The summed E-state index contributed by atoms with van der Waals surface area (Å²) in [6.45, 7) is 0. The lowest BCUT2D eigenvalue weighted by Crippen LogP contribution is -2.13. The first kappa shape index (κ1) is 14.2. The van der Waals surface area contributed by atoms with Crippen LogP contribution in [0.5, 0.6) is 0 Å². The van der Waals surface area contributed by atoms with E-state index in [1.165, 1.54) is 6.07 Å². The van der Waals surface area contributed by atoms with Crippen molar-refractivity contribution >= 4 is 56.1 Å². The fourth-order valence-corrected chi connectivity index (χ4v) is 2.70. The van der Waals surface area contributed by atoms with Gasteiger partial charge in [-0.1, -0.05) is 29.9 Å². The molecule has 2 rings (SSSR count). The van der Waals surface area contributed by atoms with Crippen LogP contribution in [0.25, 0.3) is 0 Å². The van der Waals surface area contributed by atoms with Gasteiger partial charge in [0.05, 0.1) is 5.69 Å². The standard InChI is InChI=1S/C13H9BrClFN2S/c14-8-2-1-3-11(12(8)13(17)19)18-10-5-4-7(15)6-9(10)16/h1-6,18H,(H2,17,19). The molecule has 0 spiro atoms. The predicted molar refractivity (Wildman–Crippen MR) is 84.7 cm³/mol. The maximum atomic E-state index is 13.7. The molecule has 0 amide bonds. The molecule has 0 heterocycles. The van der Waals surface area contributed by atoms with Gasteiger partial charge in [0, 0.05) is 20.7 Å². The van der Waals surface area contributed by atoms with E-state index < -0.39 is 5.82 Å². The third-order valence-electron chi connectivity index (χ3n) is 2.46. The number of anilines is 2. The minimum Gasteiger partial charge on any atom is -0.389 e. The molecular weight excluding hydrogens is 351 g/mol. The van der Waals surface area contributed by atoms with Crippen LogP contribution in [-0.2, 0) is 0 Å². The van der Waals surface area contributed by atoms with Gasteiger partial charge in [-0.25, -0.2) is 4.39 Å². The van der Waals surface area contributed by atoms with Gasteiger partial charge < -0.3 is 11.1 Å². The third kappa shape index (κ3) is 3.23. The van der Waals surface area contributed by atoms with E-state index in [1.54, 1.807) is 18.2 Å². The van der Waals surface area contributed by atoms with Crippen molar-refractivity contribution in [1.29, 1.82) is 0 Å². The lowest BCUT2D eigenvalue weighted by atomic mass is 10.1. The molecule has 2 aromatic rings. The van der Waals surface area contributed by atoms with Crippen molar-refractivity contribution in [3.63, 3.8) is 0 Å². The SMILES string of the molecule is NC(=S)c1c(Br)cccc1Nc1ccc(Cl)cc1F. The van der Waals surface area contributed by atoms with E-state index >= 15 is 0 Å². The molecule has 19 heavy (non-hydrogen) atoms. The summed E-state index contributed by atoms with van der Waals surface area (Å²) in [4.78, 5) is 0.226. The summed E-state index contributed by atoms with van der Waals surface area (Å²) in [6, 6.07) is 9.79. The predicted octanol–water partition coefficient (Wildman–Crippen LogP) is 4.62. The summed E-state index contributed by atoms with van der Waals surface area (Å²) in [5.41, 5.74) is 7.24. The van der Waals surface area contributed by atoms with Crippen LogP contribution in [-0.4, -0.2) is 4.99 Å². The fraction of sp³-hybridized carbons (Fsp3) is 0. The van der Waals surface area contributed by atoms with E-state index in [4.69, 9.17) is 29.6 Å². The zero-order valence-electron chi connectivity index (χ0n) is 9.58. The molecule has 0 saturated heterocycles. The summed E-state index contributed by atoms with van der Waals surface area (Å²) >= 11 is 14.1. The van der Waals surface area contributed by atoms with Crippen LogP contribution in [0, 0.1) is 5.82 Å². The molecule has 98 valence electrons. The molecule has 3 N–H and O–H groups in total. The van der Waals surface area contributed by atoms with Crippen LogP contribution in [0.3, 0.4) is 0 Å². The van der Waals surface area contributed by atoms with E-state index in [2.05, 4.69) is 21.2 Å². The Morgan fingerprint density at radius 1 is 1.26 bits per heavy atom. The maximum absolute atomic E-state index is 13.7. The molecule has 2 aromatic carbocycles. The first-order valence-corrected chi connectivity index (χ1v) is 6.87. The van der Waals surface area contributed by atoms with Gasteiger partial charge in [-0.05, 0) is 46.3 Å². The second kappa shape index (κ2) is 5.86. The van der Waals surface area contributed by atoms with Crippen LogP contribution >= 0.6 is 39.7 Å². The van der Waals surface area contributed by atoms with Gasteiger partial charge in [-0.15, -0.1) is 0 Å². The number of nitrogens with one attached hydrogen (secondary N) is 1. The summed E-state index contributed by atoms with van der Waals surface area (Å²) < 4.78 is 14.5. The number of hydrogen-bond acceptors (Lipinski definition) is 2. The van der Waals surface area contributed by atoms with Crippen LogP contribution in [0.2, 0.25) is 5.02 Å². The quantitative estimate of drug-likeness (QED) is 0.785. The molecule has 0 saturated carbocycles. The molecule has 0 aliphatic heterocycles. The molecular formula is C13H9BrClFN2S. The fourth-order valence-electron chi connectivity index (χ4n) is 1.61. The van der Waals surface area contributed by atoms with E-state index in [1.807, 2.05) is 12.1 Å². The highest BCUT2D eigenvalue weighted by molar-refractivity contribution is 9.10. The molecule has 0 atom stereocenters. The molecule has 0 aliphatic rings. The molecule has 0 unspecified atom stereocenters. The Kier molecular flexibility index (Phi) is 4.39. The lowest BCUT2D eigenvalue weighted by Gasteiger charge is -2.13. The van der Waals surface area contributed by atoms with Crippen LogP contribution < -0.4 is 11.1 Å². The van der Waals surface area contributed by atoms with Gasteiger partial charge in [-0.3, -0.25) is 0 Å². The third-order valence-corrected chi connectivity index (χ3v) is 3.56. The molecule has 0 aromatic heterocycles. The Labute approximate surface area is 128 Å². The second-order valence-corrected chi connectivity index (χ2v) is 5.51. The average molecular weight is 360 g/mol. The van der Waals surface area contributed by atoms with Gasteiger partial charge in [0.25, 0.3) is 0 Å². The molecule has 6 heteroatoms. The first-order chi connectivity index (χ1) is 8.99. The van der Waals surface area contributed by atoms with Gasteiger partial charge in [-0.2, -0.15) is 0 Å². The van der Waals surface area contributed by atoms with Crippen LogP contribution in [0.15, 0.2) is 40.9 Å². The largest absolute Gasteiger partial charge is 0.389 e. The topological polar surface area (TPSA) is 38.0 Å². The van der Waals surface area contributed by atoms with E-state index in [0.717, 1.165) is 4.47 Å². The van der Waals surface area contributed by atoms with Crippen molar-refractivity contribution in [2.45, 2.75) is 0 Å². The van der Waals surface area contributed by atoms with Crippen molar-refractivity contribution in [1.82, 2.24) is 0 Å². The zero-order valence-corrected chi connectivity index (χ0v) is 12.7. The van der Waals surface area contributed by atoms with E-state index in [-0.39, 0.29) is 4.99 Å². The number of nitrogens with two attached hydrogens (primary N) is 1. The minimum absolute atomic E-state index is 0.226. The Morgan fingerprint density at radius 2 is 2.00 bits per heavy atom. The molecule has 0 aliphatic carbocycles. The minimum atomic E-state index is -0.443. The van der Waals surface area contributed by atoms with E-state index in [9.17, 15) is 4.39 Å². The van der Waals surface area contributed by atoms with Crippen LogP contribution in [0.4, 0.5) is 15.8 Å². The van der Waals surface area contributed by atoms with Gasteiger partial charge >= 0.3 is 0 Å². The lowest BCUT2D eigenvalue weighted by molar-refractivity contribution is 0.632. The average Bonchev–Trinajstić information content (AvgIpc) is 2.32. The molecule has 0 fully saturated rings. The van der Waals surface area contributed by atoms with Crippen molar-refractivity contribution < 1.29 is 4.39 Å². The van der Waals surface area contributed by atoms with Crippen LogP contribution in [0.1, 0.15) is 5.56 Å². The second-order valence-electron chi connectivity index (χ2n) is 3.78. The summed E-state index contributed by atoms with van der Waals surface area (Å²) in [5, 5.41) is 3.30. The Bertz CT molecular complexity index is 649. The highest BCUT2D eigenvalue weighted by atomic mass is 79.9. The maximum Gasteiger partial charge on any atom is 0.148 e. The number of halogens is 3. The van der Waals surface area contributed by atoms with Crippen molar-refractivity contribution in [2.24, 2.45) is 5.73 Å². The van der Waals surface area contributed by atoms with Gasteiger partial charge in [0.2, 0.25) is 0 Å². The Balaban J connectivity index is 2.44. The van der Waals surface area contributed by atoms with E-state index in [0.29, 0.717) is 22.0 Å². The number of thiocarbonyl (C=S) groups is 1. The van der Waals surface area contributed by atoms with Crippen molar-refractivity contribution in [3.05, 3.63) is 57.3 Å². The normalized spacial score (nSPS) is 10.3. The number of benzene rings is 2. The number of rotatable bonds is 3. The monoisotopic (exact) mass is 358 g/mol. The summed E-state index contributed by atoms with van der Waals surface area (Å²) in [6.07, 6.45) is 0. The zero-order chi connectivity index (χ0) is 14.0. The highest BCUT2D eigenvalue weighted by Gasteiger charge is 2.11. The summed E-state index contributed by atoms with van der Waals surface area (Å²) in [5.74, 6) is -0.443. The first-order valence-electron chi connectivity index (χ1n) is 5.29.